The lowest BCUT2D eigenvalue weighted by molar-refractivity contribution is -0.315. The molecule has 206 valence electrons. The van der Waals surface area contributed by atoms with Gasteiger partial charge in [-0.05, 0) is 48.8 Å². The zero-order chi connectivity index (χ0) is 27.6. The summed E-state index contributed by atoms with van der Waals surface area (Å²) in [5.74, 6) is -6.26. The van der Waals surface area contributed by atoms with E-state index < -0.39 is 47.8 Å². The zero-order valence-corrected chi connectivity index (χ0v) is 21.8. The molecule has 0 radical (unpaired) electrons. The van der Waals surface area contributed by atoms with E-state index >= 15 is 4.39 Å². The van der Waals surface area contributed by atoms with E-state index in [0.29, 0.717) is 5.56 Å². The lowest BCUT2D eigenvalue weighted by Gasteiger charge is -2.33. The highest BCUT2D eigenvalue weighted by atomic mass is 19.4. The summed E-state index contributed by atoms with van der Waals surface area (Å²) < 4.78 is 60.0. The molecule has 3 atom stereocenters. The van der Waals surface area contributed by atoms with E-state index in [1.165, 1.54) is 31.8 Å². The summed E-state index contributed by atoms with van der Waals surface area (Å²) in [5.41, 5.74) is -1.28. The number of hydrogen-bond donors (Lipinski definition) is 0. The fourth-order valence-corrected chi connectivity index (χ4v) is 4.31. The number of aliphatic carboxylic acids is 1. The van der Waals surface area contributed by atoms with Crippen LogP contribution in [0.2, 0.25) is 0 Å². The van der Waals surface area contributed by atoms with Crippen molar-refractivity contribution in [1.29, 1.82) is 0 Å². The smallest absolute Gasteiger partial charge is 0.425 e. The number of esters is 1. The van der Waals surface area contributed by atoms with E-state index in [1.807, 2.05) is 12.1 Å². The average Bonchev–Trinajstić information content (AvgIpc) is 2.83. The third-order valence-corrected chi connectivity index (χ3v) is 6.70. The molecule has 0 fully saturated rings. The monoisotopic (exact) mass is 525 g/mol. The first-order chi connectivity index (χ1) is 17.4. The summed E-state index contributed by atoms with van der Waals surface area (Å²) >= 11 is 0. The molecule has 1 aliphatic rings. The third kappa shape index (κ3) is 8.44. The zero-order valence-electron chi connectivity index (χ0n) is 21.8. The predicted molar refractivity (Wildman–Crippen MR) is 132 cm³/mol. The molecule has 1 aliphatic carbocycles. The van der Waals surface area contributed by atoms with Gasteiger partial charge in [-0.15, -0.1) is 0 Å². The molecule has 1 aromatic carbocycles. The van der Waals surface area contributed by atoms with Crippen molar-refractivity contribution in [1.82, 2.24) is 0 Å². The Morgan fingerprint density at radius 1 is 1.03 bits per heavy atom. The van der Waals surface area contributed by atoms with Crippen LogP contribution in [-0.2, 0) is 20.7 Å². The SMILES string of the molecule is CCCCCCCCc1ccc(C2C=CC(C(=O)[O-])(C(=O)OC(CCC(C)C)C(F)(F)F)C(F)=C2)cc1. The normalized spacial score (nSPS) is 20.5. The minimum absolute atomic E-state index is 0.0842. The number of carboxylic acids is 1. The number of ether oxygens (including phenoxy) is 1. The molecule has 0 heterocycles. The summed E-state index contributed by atoms with van der Waals surface area (Å²) in [6, 6.07) is 7.42. The molecule has 0 aromatic heterocycles. The van der Waals surface area contributed by atoms with Crippen LogP contribution in [0.25, 0.3) is 0 Å². The lowest BCUT2D eigenvalue weighted by atomic mass is 9.78. The van der Waals surface area contributed by atoms with Crippen LogP contribution in [0.15, 0.2) is 48.3 Å². The number of carbonyl (C=O) groups excluding carboxylic acids is 2. The molecule has 0 saturated heterocycles. The van der Waals surface area contributed by atoms with Gasteiger partial charge in [-0.1, -0.05) is 89.3 Å². The van der Waals surface area contributed by atoms with E-state index in [9.17, 15) is 27.9 Å². The number of unbranched alkanes of at least 4 members (excludes halogenated alkanes) is 5. The van der Waals surface area contributed by atoms with Crippen molar-refractivity contribution in [2.24, 2.45) is 11.3 Å². The Labute approximate surface area is 216 Å². The van der Waals surface area contributed by atoms with Gasteiger partial charge in [0.05, 0.1) is 5.97 Å². The molecule has 4 nitrogen and oxygen atoms in total. The van der Waals surface area contributed by atoms with E-state index in [1.54, 1.807) is 26.0 Å². The number of carbonyl (C=O) groups is 2. The molecule has 0 bridgehead atoms. The number of alkyl halides is 3. The first-order valence-electron chi connectivity index (χ1n) is 13.1. The first kappa shape index (κ1) is 30.6. The van der Waals surface area contributed by atoms with Crippen LogP contribution in [0, 0.1) is 11.3 Å². The van der Waals surface area contributed by atoms with Crippen molar-refractivity contribution >= 4 is 11.9 Å². The van der Waals surface area contributed by atoms with Gasteiger partial charge in [-0.2, -0.15) is 13.2 Å². The van der Waals surface area contributed by atoms with Crippen molar-refractivity contribution in [3.8, 4) is 0 Å². The second-order valence-corrected chi connectivity index (χ2v) is 10.2. The molecule has 8 heteroatoms. The van der Waals surface area contributed by atoms with Crippen LogP contribution >= 0.6 is 0 Å². The van der Waals surface area contributed by atoms with Gasteiger partial charge in [0, 0.05) is 5.92 Å². The maximum absolute atomic E-state index is 15.2. The molecule has 2 rings (SSSR count). The van der Waals surface area contributed by atoms with Gasteiger partial charge in [0.15, 0.2) is 11.5 Å². The largest absolute Gasteiger partial charge is 0.548 e. The summed E-state index contributed by atoms with van der Waals surface area (Å²) in [5, 5.41) is 11.9. The van der Waals surface area contributed by atoms with Crippen LogP contribution in [0.4, 0.5) is 17.6 Å². The number of allylic oxidation sites excluding steroid dienone is 2. The Kier molecular flexibility index (Phi) is 11.4. The number of rotatable bonds is 14. The highest BCUT2D eigenvalue weighted by molar-refractivity contribution is 6.04. The summed E-state index contributed by atoms with van der Waals surface area (Å²) in [4.78, 5) is 24.5. The molecule has 0 N–H and O–H groups in total. The Hall–Kier alpha value is -2.64. The Morgan fingerprint density at radius 3 is 2.19 bits per heavy atom. The van der Waals surface area contributed by atoms with Crippen molar-refractivity contribution in [3.05, 3.63) is 59.4 Å². The molecule has 0 aliphatic heterocycles. The molecule has 1 aromatic rings. The number of carboxylic acid groups (broad SMARTS) is 1. The van der Waals surface area contributed by atoms with Gasteiger partial charge in [0.2, 0.25) is 0 Å². The Balaban J connectivity index is 2.12. The van der Waals surface area contributed by atoms with E-state index in [0.717, 1.165) is 37.0 Å². The maximum Gasteiger partial charge on any atom is 0.425 e. The van der Waals surface area contributed by atoms with Crippen LogP contribution in [0.1, 0.15) is 89.2 Å². The van der Waals surface area contributed by atoms with Crippen LogP contribution in [-0.4, -0.2) is 24.2 Å². The topological polar surface area (TPSA) is 66.4 Å². The molecule has 37 heavy (non-hydrogen) atoms. The molecular formula is C29H37F4O4-. The Bertz CT molecular complexity index is 950. The Morgan fingerprint density at radius 2 is 1.65 bits per heavy atom. The van der Waals surface area contributed by atoms with Crippen molar-refractivity contribution in [2.75, 3.05) is 0 Å². The summed E-state index contributed by atoms with van der Waals surface area (Å²) in [6.07, 6.45) is 2.99. The standard InChI is InChI=1S/C29H38F4O4/c1-4-5-6-7-8-9-10-21-12-14-22(15-13-21)23-17-18-28(26(34)35,24(30)19-23)27(36)37-25(29(31,32)33)16-11-20(2)3/h12-15,17-20,23,25H,4-11,16H2,1-3H3,(H,34,35)/p-1. The van der Waals surface area contributed by atoms with Gasteiger partial charge in [0.25, 0.3) is 0 Å². The number of hydrogen-bond acceptors (Lipinski definition) is 4. The van der Waals surface area contributed by atoms with E-state index in [4.69, 9.17) is 0 Å². The van der Waals surface area contributed by atoms with Gasteiger partial charge in [-0.25, -0.2) is 4.39 Å². The highest BCUT2D eigenvalue weighted by Gasteiger charge is 2.50. The van der Waals surface area contributed by atoms with Crippen LogP contribution < -0.4 is 5.11 Å². The van der Waals surface area contributed by atoms with Gasteiger partial charge in [0.1, 0.15) is 5.83 Å². The third-order valence-electron chi connectivity index (χ3n) is 6.70. The van der Waals surface area contributed by atoms with Crippen LogP contribution in [0.5, 0.6) is 0 Å². The number of halogens is 4. The minimum Gasteiger partial charge on any atom is -0.548 e. The van der Waals surface area contributed by atoms with E-state index in [-0.39, 0.29) is 12.3 Å². The van der Waals surface area contributed by atoms with Gasteiger partial charge < -0.3 is 14.6 Å². The van der Waals surface area contributed by atoms with Crippen molar-refractivity contribution < 1.29 is 37.0 Å². The van der Waals surface area contributed by atoms with E-state index in [2.05, 4.69) is 11.7 Å². The van der Waals surface area contributed by atoms with Gasteiger partial charge in [-0.3, -0.25) is 4.79 Å². The number of aryl methyl sites for hydroxylation is 1. The number of benzene rings is 1. The highest BCUT2D eigenvalue weighted by Crippen LogP contribution is 2.41. The lowest BCUT2D eigenvalue weighted by Crippen LogP contribution is -2.51. The average molecular weight is 526 g/mol. The van der Waals surface area contributed by atoms with Crippen LogP contribution in [0.3, 0.4) is 0 Å². The fourth-order valence-electron chi connectivity index (χ4n) is 4.31. The molecule has 0 spiro atoms. The molecular weight excluding hydrogens is 488 g/mol. The summed E-state index contributed by atoms with van der Waals surface area (Å²) in [6.45, 7) is 5.57. The molecule has 0 amide bonds. The maximum atomic E-state index is 15.2. The second kappa shape index (κ2) is 13.8. The quantitative estimate of drug-likeness (QED) is 0.0887. The summed E-state index contributed by atoms with van der Waals surface area (Å²) in [7, 11) is 0. The molecule has 0 saturated carbocycles. The fraction of sp³-hybridized carbons (Fsp3) is 0.586. The first-order valence-corrected chi connectivity index (χ1v) is 13.1. The van der Waals surface area contributed by atoms with Crippen molar-refractivity contribution in [3.63, 3.8) is 0 Å². The molecule has 3 unspecified atom stereocenters. The van der Waals surface area contributed by atoms with Crippen molar-refractivity contribution in [2.45, 2.75) is 96.8 Å². The predicted octanol–water partition coefficient (Wildman–Crippen LogP) is 6.74. The minimum atomic E-state index is -4.92. The van der Waals surface area contributed by atoms with Gasteiger partial charge >= 0.3 is 12.1 Å². The second-order valence-electron chi connectivity index (χ2n) is 10.2.